The zero-order valence-corrected chi connectivity index (χ0v) is 11.6. The van der Waals surface area contributed by atoms with Crippen LogP contribution in [0.4, 0.5) is 5.69 Å². The second kappa shape index (κ2) is 5.02. The number of piperidine rings is 1. The Balaban J connectivity index is 2.24. The van der Waals surface area contributed by atoms with Crippen molar-refractivity contribution in [1.29, 1.82) is 5.26 Å². The fourth-order valence-corrected chi connectivity index (χ4v) is 2.71. The van der Waals surface area contributed by atoms with E-state index in [1.165, 1.54) is 11.3 Å². The van der Waals surface area contributed by atoms with E-state index < -0.39 is 0 Å². The van der Waals surface area contributed by atoms with E-state index in [1.54, 1.807) is 0 Å². The molecule has 0 saturated carbocycles. The lowest BCUT2D eigenvalue weighted by Gasteiger charge is -2.42. The summed E-state index contributed by atoms with van der Waals surface area (Å²) in [5.41, 5.74) is 2.84. The number of nitrogens with zero attached hydrogens (tertiary/aromatic N) is 2. The Morgan fingerprint density at radius 2 is 2.11 bits per heavy atom. The lowest BCUT2D eigenvalue weighted by Crippen LogP contribution is -2.44. The monoisotopic (exact) mass is 242 g/mol. The Morgan fingerprint density at radius 3 is 2.78 bits per heavy atom. The van der Waals surface area contributed by atoms with E-state index in [4.69, 9.17) is 0 Å². The maximum absolute atomic E-state index is 9.34. The van der Waals surface area contributed by atoms with Crippen molar-refractivity contribution in [2.24, 2.45) is 11.3 Å². The van der Waals surface area contributed by atoms with Gasteiger partial charge in [-0.1, -0.05) is 39.0 Å². The van der Waals surface area contributed by atoms with Crippen molar-refractivity contribution in [1.82, 2.24) is 0 Å². The van der Waals surface area contributed by atoms with Gasteiger partial charge in [-0.05, 0) is 29.9 Å². The molecule has 0 aliphatic carbocycles. The minimum Gasteiger partial charge on any atom is -0.370 e. The highest BCUT2D eigenvalue weighted by molar-refractivity contribution is 5.54. The van der Waals surface area contributed by atoms with Crippen molar-refractivity contribution in [3.8, 4) is 6.07 Å². The van der Waals surface area contributed by atoms with Crippen molar-refractivity contribution in [2.45, 2.75) is 33.6 Å². The van der Waals surface area contributed by atoms with Crippen molar-refractivity contribution in [3.05, 3.63) is 29.8 Å². The molecule has 0 bridgehead atoms. The van der Waals surface area contributed by atoms with Crippen LogP contribution in [0, 0.1) is 22.7 Å². The van der Waals surface area contributed by atoms with Gasteiger partial charge in [-0.15, -0.1) is 0 Å². The molecule has 96 valence electrons. The van der Waals surface area contributed by atoms with E-state index >= 15 is 0 Å². The van der Waals surface area contributed by atoms with Gasteiger partial charge in [0, 0.05) is 18.8 Å². The minimum atomic E-state index is 0.121. The molecule has 0 N–H and O–H groups in total. The lowest BCUT2D eigenvalue weighted by molar-refractivity contribution is 0.217. The summed E-state index contributed by atoms with van der Waals surface area (Å²) in [5.74, 6) is 0.121. The average Bonchev–Trinajstić information content (AvgIpc) is 2.38. The summed E-state index contributed by atoms with van der Waals surface area (Å²) in [6.45, 7) is 8.53. The number of nitriles is 1. The van der Waals surface area contributed by atoms with Crippen molar-refractivity contribution >= 4 is 5.69 Å². The Bertz CT molecular complexity index is 456. The molecule has 1 aromatic carbocycles. The fraction of sp³-hybridized carbons (Fsp3) is 0.562. The average molecular weight is 242 g/mol. The molecule has 1 atom stereocenters. The van der Waals surface area contributed by atoms with Gasteiger partial charge in [0.2, 0.25) is 0 Å². The van der Waals surface area contributed by atoms with Gasteiger partial charge in [-0.3, -0.25) is 0 Å². The predicted molar refractivity (Wildman–Crippen MR) is 75.5 cm³/mol. The first-order valence-corrected chi connectivity index (χ1v) is 6.81. The van der Waals surface area contributed by atoms with Crippen LogP contribution >= 0.6 is 0 Å². The molecule has 0 aromatic heterocycles. The van der Waals surface area contributed by atoms with Gasteiger partial charge >= 0.3 is 0 Å². The van der Waals surface area contributed by atoms with Gasteiger partial charge in [-0.25, -0.2) is 0 Å². The van der Waals surface area contributed by atoms with E-state index in [-0.39, 0.29) is 11.3 Å². The SMILES string of the molecule is CCc1ccccc1N1CCC(C)(C)C(C#N)C1. The molecule has 1 heterocycles. The summed E-state index contributed by atoms with van der Waals surface area (Å²) >= 11 is 0. The third kappa shape index (κ3) is 2.36. The number of para-hydroxylation sites is 1. The molecule has 1 unspecified atom stereocenters. The molecule has 0 amide bonds. The first-order chi connectivity index (χ1) is 8.58. The van der Waals surface area contributed by atoms with Gasteiger partial charge in [0.1, 0.15) is 0 Å². The van der Waals surface area contributed by atoms with Crippen LogP contribution in [-0.4, -0.2) is 13.1 Å². The van der Waals surface area contributed by atoms with E-state index in [0.29, 0.717) is 0 Å². The number of anilines is 1. The predicted octanol–water partition coefficient (Wildman–Crippen LogP) is 3.63. The summed E-state index contributed by atoms with van der Waals surface area (Å²) in [6.07, 6.45) is 2.14. The van der Waals surface area contributed by atoms with Crippen molar-refractivity contribution < 1.29 is 0 Å². The normalized spacial score (nSPS) is 22.6. The van der Waals surface area contributed by atoms with Gasteiger partial charge in [0.15, 0.2) is 0 Å². The molecule has 1 saturated heterocycles. The third-order valence-electron chi connectivity index (χ3n) is 4.24. The quantitative estimate of drug-likeness (QED) is 0.792. The number of rotatable bonds is 2. The van der Waals surface area contributed by atoms with E-state index in [1.807, 2.05) is 0 Å². The Kier molecular flexibility index (Phi) is 3.61. The summed E-state index contributed by atoms with van der Waals surface area (Å²) in [6, 6.07) is 11.1. The number of hydrogen-bond donors (Lipinski definition) is 0. The molecular weight excluding hydrogens is 220 g/mol. The van der Waals surface area contributed by atoms with Crippen LogP contribution < -0.4 is 4.90 Å². The molecule has 2 heteroatoms. The Labute approximate surface area is 110 Å². The Hall–Kier alpha value is -1.49. The molecule has 0 spiro atoms. The molecule has 2 rings (SSSR count). The summed E-state index contributed by atoms with van der Waals surface area (Å²) in [7, 11) is 0. The highest BCUT2D eigenvalue weighted by Gasteiger charge is 2.35. The van der Waals surface area contributed by atoms with Crippen LogP contribution in [0.2, 0.25) is 0 Å². The highest BCUT2D eigenvalue weighted by Crippen LogP contribution is 2.37. The Morgan fingerprint density at radius 1 is 1.39 bits per heavy atom. The molecule has 1 aliphatic heterocycles. The van der Waals surface area contributed by atoms with Crippen molar-refractivity contribution in [2.75, 3.05) is 18.0 Å². The zero-order valence-electron chi connectivity index (χ0n) is 11.6. The van der Waals surface area contributed by atoms with Crippen LogP contribution in [0.3, 0.4) is 0 Å². The van der Waals surface area contributed by atoms with E-state index in [0.717, 1.165) is 25.9 Å². The van der Waals surface area contributed by atoms with E-state index in [9.17, 15) is 5.26 Å². The van der Waals surface area contributed by atoms with Gasteiger partial charge in [-0.2, -0.15) is 5.26 Å². The molecule has 2 nitrogen and oxygen atoms in total. The highest BCUT2D eigenvalue weighted by atomic mass is 15.1. The van der Waals surface area contributed by atoms with Crippen molar-refractivity contribution in [3.63, 3.8) is 0 Å². The standard InChI is InChI=1S/C16H22N2/c1-4-13-7-5-6-8-15(13)18-10-9-16(2,3)14(11-17)12-18/h5-8,14H,4,9-10,12H2,1-3H3. The molecule has 1 aliphatic rings. The third-order valence-corrected chi connectivity index (χ3v) is 4.24. The molecule has 18 heavy (non-hydrogen) atoms. The topological polar surface area (TPSA) is 27.0 Å². The fourth-order valence-electron chi connectivity index (χ4n) is 2.71. The summed E-state index contributed by atoms with van der Waals surface area (Å²) in [5, 5.41) is 9.34. The molecular formula is C16H22N2. The van der Waals surface area contributed by atoms with Crippen LogP contribution in [-0.2, 0) is 6.42 Å². The zero-order chi connectivity index (χ0) is 13.2. The summed E-state index contributed by atoms with van der Waals surface area (Å²) in [4.78, 5) is 2.39. The van der Waals surface area contributed by atoms with Crippen LogP contribution in [0.1, 0.15) is 32.8 Å². The second-order valence-corrected chi connectivity index (χ2v) is 5.85. The number of benzene rings is 1. The number of hydrogen-bond acceptors (Lipinski definition) is 2. The van der Waals surface area contributed by atoms with Gasteiger partial charge < -0.3 is 4.90 Å². The number of aryl methyl sites for hydroxylation is 1. The maximum atomic E-state index is 9.34. The van der Waals surface area contributed by atoms with E-state index in [2.05, 4.69) is 56.0 Å². The van der Waals surface area contributed by atoms with Gasteiger partial charge in [0.25, 0.3) is 0 Å². The first-order valence-electron chi connectivity index (χ1n) is 6.81. The first kappa shape index (κ1) is 13.0. The summed E-state index contributed by atoms with van der Waals surface area (Å²) < 4.78 is 0. The lowest BCUT2D eigenvalue weighted by atomic mass is 9.74. The molecule has 1 fully saturated rings. The van der Waals surface area contributed by atoms with Crippen LogP contribution in [0.15, 0.2) is 24.3 Å². The maximum Gasteiger partial charge on any atom is 0.0690 e. The minimum absolute atomic E-state index is 0.121. The van der Waals surface area contributed by atoms with Crippen LogP contribution in [0.5, 0.6) is 0 Å². The molecule has 0 radical (unpaired) electrons. The smallest absolute Gasteiger partial charge is 0.0690 e. The second-order valence-electron chi connectivity index (χ2n) is 5.85. The van der Waals surface area contributed by atoms with Gasteiger partial charge in [0.05, 0.1) is 12.0 Å². The van der Waals surface area contributed by atoms with Crippen LogP contribution in [0.25, 0.3) is 0 Å². The molecule has 1 aromatic rings. The largest absolute Gasteiger partial charge is 0.370 e.